The lowest BCUT2D eigenvalue weighted by atomic mass is 9.81. The molecule has 0 aliphatic rings. The molecule has 0 saturated carbocycles. The van der Waals surface area contributed by atoms with E-state index in [0.717, 1.165) is 43.8 Å². The normalized spacial score (nSPS) is 13.0. The predicted molar refractivity (Wildman–Crippen MR) is 214 cm³/mol. The first-order valence-electron chi connectivity index (χ1n) is 18.2. The van der Waals surface area contributed by atoms with Crippen molar-refractivity contribution in [3.05, 3.63) is 107 Å². The Morgan fingerprint density at radius 1 is 0.327 bits per heavy atom. The van der Waals surface area contributed by atoms with Crippen molar-refractivity contribution in [2.75, 3.05) is 0 Å². The molecule has 2 heterocycles. The van der Waals surface area contributed by atoms with Crippen molar-refractivity contribution >= 4 is 21.5 Å². The van der Waals surface area contributed by atoms with Crippen LogP contribution in [0.1, 0.15) is 105 Å². The van der Waals surface area contributed by atoms with Gasteiger partial charge < -0.3 is 8.83 Å². The van der Waals surface area contributed by atoms with Gasteiger partial charge in [0.05, 0.1) is 11.1 Å². The van der Waals surface area contributed by atoms with Crippen LogP contribution in [0.3, 0.4) is 0 Å². The van der Waals surface area contributed by atoms with Crippen LogP contribution in [0.2, 0.25) is 0 Å². The zero-order chi connectivity index (χ0) is 37.4. The van der Waals surface area contributed by atoms with Gasteiger partial charge in [-0.15, -0.1) is 20.4 Å². The topological polar surface area (TPSA) is 77.8 Å². The van der Waals surface area contributed by atoms with E-state index < -0.39 is 0 Å². The molecule has 0 atom stereocenters. The van der Waals surface area contributed by atoms with Gasteiger partial charge in [0, 0.05) is 11.1 Å². The van der Waals surface area contributed by atoms with Gasteiger partial charge in [-0.25, -0.2) is 0 Å². The molecule has 0 amide bonds. The molecule has 0 aliphatic heterocycles. The summed E-state index contributed by atoms with van der Waals surface area (Å²) in [5, 5.41) is 22.5. The van der Waals surface area contributed by atoms with E-state index in [9.17, 15) is 0 Å². The van der Waals surface area contributed by atoms with Gasteiger partial charge in [0.15, 0.2) is 0 Å². The number of nitrogens with zero attached hydrogens (tertiary/aromatic N) is 4. The summed E-state index contributed by atoms with van der Waals surface area (Å²) in [6.07, 6.45) is 0. The van der Waals surface area contributed by atoms with Crippen LogP contribution in [0.25, 0.3) is 67.4 Å². The molecule has 52 heavy (non-hydrogen) atoms. The van der Waals surface area contributed by atoms with Crippen LogP contribution in [0.4, 0.5) is 0 Å². The molecule has 266 valence electrons. The average Bonchev–Trinajstić information content (AvgIpc) is 3.76. The summed E-state index contributed by atoms with van der Waals surface area (Å²) in [4.78, 5) is 0. The van der Waals surface area contributed by atoms with Crippen LogP contribution in [-0.2, 0) is 21.7 Å². The van der Waals surface area contributed by atoms with Crippen molar-refractivity contribution in [2.24, 2.45) is 0 Å². The van der Waals surface area contributed by atoms with Gasteiger partial charge in [-0.2, -0.15) is 0 Å². The lowest BCUT2D eigenvalue weighted by Crippen LogP contribution is -2.11. The third-order valence-corrected chi connectivity index (χ3v) is 10.1. The van der Waals surface area contributed by atoms with Gasteiger partial charge in [0.2, 0.25) is 23.6 Å². The van der Waals surface area contributed by atoms with Crippen molar-refractivity contribution in [1.82, 2.24) is 20.4 Å². The first kappa shape index (κ1) is 35.3. The fourth-order valence-electron chi connectivity index (χ4n) is 6.73. The van der Waals surface area contributed by atoms with Crippen LogP contribution in [0.15, 0.2) is 93.8 Å². The van der Waals surface area contributed by atoms with Crippen LogP contribution in [0.5, 0.6) is 0 Å². The van der Waals surface area contributed by atoms with E-state index in [4.69, 9.17) is 19.0 Å². The monoisotopic (exact) mass is 690 g/mol. The summed E-state index contributed by atoms with van der Waals surface area (Å²) in [6, 6.07) is 30.1. The first-order chi connectivity index (χ1) is 24.3. The maximum atomic E-state index is 6.59. The van der Waals surface area contributed by atoms with Crippen LogP contribution in [-0.4, -0.2) is 20.4 Å². The minimum absolute atomic E-state index is 0.0464. The molecule has 6 nitrogen and oxygen atoms in total. The van der Waals surface area contributed by atoms with Crippen molar-refractivity contribution < 1.29 is 8.83 Å². The molecule has 6 heteroatoms. The molecule has 0 aliphatic carbocycles. The van der Waals surface area contributed by atoms with E-state index in [1.807, 2.05) is 0 Å². The third kappa shape index (κ3) is 6.55. The van der Waals surface area contributed by atoms with Gasteiger partial charge >= 0.3 is 0 Å². The van der Waals surface area contributed by atoms with Crippen molar-refractivity contribution in [2.45, 2.75) is 105 Å². The average molecular weight is 691 g/mol. The van der Waals surface area contributed by atoms with E-state index >= 15 is 0 Å². The summed E-state index contributed by atoms with van der Waals surface area (Å²) >= 11 is 0. The van der Waals surface area contributed by atoms with E-state index in [-0.39, 0.29) is 21.7 Å². The van der Waals surface area contributed by atoms with E-state index in [1.165, 1.54) is 22.3 Å². The maximum Gasteiger partial charge on any atom is 0.249 e. The molecule has 0 unspecified atom stereocenters. The highest BCUT2D eigenvalue weighted by Gasteiger charge is 2.27. The highest BCUT2D eigenvalue weighted by molar-refractivity contribution is 6.20. The molecule has 2 aromatic heterocycles. The van der Waals surface area contributed by atoms with Gasteiger partial charge in [-0.3, -0.25) is 0 Å². The third-order valence-electron chi connectivity index (χ3n) is 10.1. The summed E-state index contributed by atoms with van der Waals surface area (Å²) in [5.74, 6) is 1.91. The van der Waals surface area contributed by atoms with Gasteiger partial charge in [0.1, 0.15) is 0 Å². The zero-order valence-corrected chi connectivity index (χ0v) is 32.7. The van der Waals surface area contributed by atoms with Crippen LogP contribution >= 0.6 is 0 Å². The fraction of sp³-hybridized carbons (Fsp3) is 0.348. The van der Waals surface area contributed by atoms with E-state index in [1.54, 1.807) is 0 Å². The molecule has 0 bridgehead atoms. The van der Waals surface area contributed by atoms with Gasteiger partial charge in [-0.1, -0.05) is 132 Å². The smallest absolute Gasteiger partial charge is 0.249 e. The Kier molecular flexibility index (Phi) is 8.32. The van der Waals surface area contributed by atoms with Crippen molar-refractivity contribution in [3.8, 4) is 45.8 Å². The Bertz CT molecular complexity index is 2250. The number of hydrogen-bond acceptors (Lipinski definition) is 6. The second kappa shape index (κ2) is 12.3. The summed E-state index contributed by atoms with van der Waals surface area (Å²) in [7, 11) is 0. The minimum Gasteiger partial charge on any atom is -0.416 e. The largest absolute Gasteiger partial charge is 0.416 e. The van der Waals surface area contributed by atoms with E-state index in [0.29, 0.717) is 23.6 Å². The molecular weight excluding hydrogens is 641 g/mol. The molecule has 0 radical (unpaired) electrons. The SMILES string of the molecule is CC(C)(C)c1ccc(-c2nnc(-c3c4ccc(C(C)(C)C)cc4c(-c4nnc(-c5ccc(C(C)(C)C)cc5)o4)c4ccc(C(C)(C)C)cc34)o2)cc1. The minimum atomic E-state index is -0.0949. The molecule has 7 rings (SSSR count). The predicted octanol–water partition coefficient (Wildman–Crippen LogP) is 12.6. The van der Waals surface area contributed by atoms with E-state index in [2.05, 4.69) is 178 Å². The summed E-state index contributed by atoms with van der Waals surface area (Å²) < 4.78 is 13.2. The summed E-state index contributed by atoms with van der Waals surface area (Å²) in [5.41, 5.74) is 8.35. The maximum absolute atomic E-state index is 6.59. The second-order valence-corrected chi connectivity index (χ2v) is 18.3. The molecular formula is C46H50N4O2. The standard InChI is InChI=1S/C46H50N4O2/c1-43(2,3)29-17-13-27(14-18-29)39-47-49-41(51-39)37-33-23-21-32(46(10,11)12)26-36(33)38(34-24-22-31(25-35(34)37)45(7,8)9)42-50-48-40(52-42)28-15-19-30(20-16-28)44(4,5)6/h13-26H,1-12H3. The Hall–Kier alpha value is -5.10. The highest BCUT2D eigenvalue weighted by Crippen LogP contribution is 2.46. The zero-order valence-electron chi connectivity index (χ0n) is 32.7. The Labute approximate surface area is 307 Å². The van der Waals surface area contributed by atoms with Crippen LogP contribution in [0, 0.1) is 0 Å². The molecule has 0 N–H and O–H groups in total. The van der Waals surface area contributed by atoms with Crippen molar-refractivity contribution in [1.29, 1.82) is 0 Å². The molecule has 0 saturated heterocycles. The number of benzene rings is 5. The second-order valence-electron chi connectivity index (χ2n) is 18.3. The van der Waals surface area contributed by atoms with Crippen molar-refractivity contribution in [3.63, 3.8) is 0 Å². The molecule has 5 aromatic carbocycles. The van der Waals surface area contributed by atoms with Gasteiger partial charge in [-0.05, 0) is 102 Å². The Morgan fingerprint density at radius 2 is 0.615 bits per heavy atom. The Balaban J connectivity index is 1.48. The number of hydrogen-bond donors (Lipinski definition) is 0. The first-order valence-corrected chi connectivity index (χ1v) is 18.2. The van der Waals surface area contributed by atoms with Gasteiger partial charge in [0.25, 0.3) is 0 Å². The molecule has 0 fully saturated rings. The fourth-order valence-corrected chi connectivity index (χ4v) is 6.73. The Morgan fingerprint density at radius 3 is 0.923 bits per heavy atom. The number of rotatable bonds is 4. The number of aromatic nitrogens is 4. The molecule has 7 aromatic rings. The lowest BCUT2D eigenvalue weighted by molar-refractivity contribution is 0.581. The van der Waals surface area contributed by atoms with Crippen LogP contribution < -0.4 is 0 Å². The lowest BCUT2D eigenvalue weighted by Gasteiger charge is -2.23. The number of fused-ring (bicyclic) bond motifs is 2. The summed E-state index contributed by atoms with van der Waals surface area (Å²) in [6.45, 7) is 26.6. The molecule has 0 spiro atoms. The quantitative estimate of drug-likeness (QED) is 0.171. The highest BCUT2D eigenvalue weighted by atomic mass is 16.4.